The number of carbonyl (C=O) groups is 2. The van der Waals surface area contributed by atoms with E-state index in [9.17, 15) is 22.8 Å². The molecule has 0 saturated carbocycles. The fraction of sp³-hybridized carbons (Fsp3) is 0.417. The van der Waals surface area contributed by atoms with Gasteiger partial charge in [0.05, 0.1) is 11.5 Å². The zero-order valence-corrected chi connectivity index (χ0v) is 17.9. The zero-order chi connectivity index (χ0) is 22.9. The summed E-state index contributed by atoms with van der Waals surface area (Å²) in [7, 11) is 0. The van der Waals surface area contributed by atoms with Crippen LogP contribution in [0, 0.1) is 5.92 Å². The molecule has 0 bridgehead atoms. The summed E-state index contributed by atoms with van der Waals surface area (Å²) in [6.45, 7) is 3.65. The molecule has 2 aromatic rings. The Morgan fingerprint density at radius 1 is 1.03 bits per heavy atom. The molecule has 3 amide bonds. The van der Waals surface area contributed by atoms with Crippen LogP contribution in [0.3, 0.4) is 0 Å². The highest BCUT2D eigenvalue weighted by Crippen LogP contribution is 2.38. The average Bonchev–Trinajstić information content (AvgIpc) is 3.23. The monoisotopic (exact) mass is 445 g/mol. The van der Waals surface area contributed by atoms with Gasteiger partial charge in [-0.15, -0.1) is 0 Å². The molecule has 2 heterocycles. The molecule has 0 radical (unpaired) electrons. The summed E-state index contributed by atoms with van der Waals surface area (Å²) in [4.78, 5) is 29.3. The molecule has 2 aliphatic heterocycles. The molecule has 8 heteroatoms. The lowest BCUT2D eigenvalue weighted by Crippen LogP contribution is -2.43. The minimum Gasteiger partial charge on any atom is -0.338 e. The van der Waals surface area contributed by atoms with Crippen LogP contribution in [0.4, 0.5) is 18.0 Å². The number of benzene rings is 2. The fourth-order valence-electron chi connectivity index (χ4n) is 4.68. The van der Waals surface area contributed by atoms with Crippen molar-refractivity contribution in [2.45, 2.75) is 32.0 Å². The molecule has 1 fully saturated rings. The lowest BCUT2D eigenvalue weighted by molar-refractivity contribution is -0.137. The van der Waals surface area contributed by atoms with Gasteiger partial charge < -0.3 is 15.1 Å². The quantitative estimate of drug-likeness (QED) is 0.776. The van der Waals surface area contributed by atoms with Gasteiger partial charge in [0.1, 0.15) is 0 Å². The number of carbonyl (C=O) groups excluding carboxylic acids is 2. The summed E-state index contributed by atoms with van der Waals surface area (Å²) < 4.78 is 39.9. The fourth-order valence-corrected chi connectivity index (χ4v) is 4.68. The Bertz CT molecular complexity index is 1010. The Kier molecular flexibility index (Phi) is 6.13. The Morgan fingerprint density at radius 2 is 1.78 bits per heavy atom. The van der Waals surface area contributed by atoms with E-state index < -0.39 is 23.6 Å². The number of hydrogen-bond acceptors (Lipinski definition) is 2. The van der Waals surface area contributed by atoms with Crippen molar-refractivity contribution in [3.05, 3.63) is 70.8 Å². The van der Waals surface area contributed by atoms with Crippen LogP contribution in [0.1, 0.15) is 35.1 Å². The second-order valence-electron chi connectivity index (χ2n) is 8.36. The van der Waals surface area contributed by atoms with Gasteiger partial charge in [-0.1, -0.05) is 42.5 Å². The van der Waals surface area contributed by atoms with E-state index in [1.54, 1.807) is 17.9 Å². The van der Waals surface area contributed by atoms with Crippen molar-refractivity contribution in [2.75, 3.05) is 26.2 Å². The number of fused-ring (bicyclic) bond motifs is 1. The van der Waals surface area contributed by atoms with Gasteiger partial charge in [-0.3, -0.25) is 4.79 Å². The van der Waals surface area contributed by atoms with Crippen molar-refractivity contribution in [1.82, 2.24) is 15.1 Å². The van der Waals surface area contributed by atoms with Crippen molar-refractivity contribution >= 4 is 11.9 Å². The van der Waals surface area contributed by atoms with Gasteiger partial charge in [-0.05, 0) is 36.1 Å². The molecular weight excluding hydrogens is 419 g/mol. The number of nitrogens with zero attached hydrogens (tertiary/aromatic N) is 2. The van der Waals surface area contributed by atoms with Crippen molar-refractivity contribution in [1.29, 1.82) is 0 Å². The van der Waals surface area contributed by atoms with Crippen LogP contribution >= 0.6 is 0 Å². The molecule has 5 nitrogen and oxygen atoms in total. The van der Waals surface area contributed by atoms with Crippen molar-refractivity contribution in [3.63, 3.8) is 0 Å². The number of rotatable bonds is 3. The third-order valence-electron chi connectivity index (χ3n) is 6.34. The third-order valence-corrected chi connectivity index (χ3v) is 6.34. The van der Waals surface area contributed by atoms with Crippen molar-refractivity contribution < 1.29 is 22.8 Å². The lowest BCUT2D eigenvalue weighted by atomic mass is 9.86. The number of amides is 3. The first kappa shape index (κ1) is 22.2. The molecule has 2 unspecified atom stereocenters. The zero-order valence-electron chi connectivity index (χ0n) is 17.9. The lowest BCUT2D eigenvalue weighted by Gasteiger charge is -2.32. The van der Waals surface area contributed by atoms with Crippen LogP contribution < -0.4 is 5.32 Å². The summed E-state index contributed by atoms with van der Waals surface area (Å²) in [5, 5.41) is 2.73. The van der Waals surface area contributed by atoms with E-state index in [0.717, 1.165) is 24.1 Å². The summed E-state index contributed by atoms with van der Waals surface area (Å²) in [5.41, 5.74) is 1.98. The topological polar surface area (TPSA) is 52.7 Å². The predicted octanol–water partition coefficient (Wildman–Crippen LogP) is 4.04. The molecule has 0 aliphatic carbocycles. The Hall–Kier alpha value is -3.03. The van der Waals surface area contributed by atoms with Gasteiger partial charge in [0.2, 0.25) is 5.91 Å². The van der Waals surface area contributed by atoms with Crippen LogP contribution in [0.15, 0.2) is 48.5 Å². The number of nitrogens with one attached hydrogen (secondary N) is 1. The van der Waals surface area contributed by atoms with Gasteiger partial charge in [-0.25, -0.2) is 4.79 Å². The van der Waals surface area contributed by atoms with Gasteiger partial charge in [-0.2, -0.15) is 13.2 Å². The van der Waals surface area contributed by atoms with E-state index in [0.29, 0.717) is 25.2 Å². The largest absolute Gasteiger partial charge is 0.416 e. The molecule has 2 atom stereocenters. The molecule has 32 heavy (non-hydrogen) atoms. The normalized spacial score (nSPS) is 20.8. The minimum atomic E-state index is -4.47. The number of halogens is 3. The molecule has 0 aromatic heterocycles. The van der Waals surface area contributed by atoms with Gasteiger partial charge in [0, 0.05) is 38.6 Å². The first-order valence-electron chi connectivity index (χ1n) is 10.8. The predicted molar refractivity (Wildman–Crippen MR) is 114 cm³/mol. The Morgan fingerprint density at radius 3 is 2.50 bits per heavy atom. The van der Waals surface area contributed by atoms with Crippen LogP contribution in [0.2, 0.25) is 0 Å². The first-order chi connectivity index (χ1) is 15.3. The van der Waals surface area contributed by atoms with Crippen LogP contribution in [-0.4, -0.2) is 47.9 Å². The van der Waals surface area contributed by atoms with E-state index in [4.69, 9.17) is 0 Å². The summed E-state index contributed by atoms with van der Waals surface area (Å²) in [6.07, 6.45) is -3.73. The molecule has 2 aromatic carbocycles. The molecule has 2 aliphatic rings. The highest BCUT2D eigenvalue weighted by atomic mass is 19.4. The Balaban J connectivity index is 1.62. The third kappa shape index (κ3) is 4.45. The van der Waals surface area contributed by atoms with E-state index in [2.05, 4.69) is 11.4 Å². The molecule has 1 saturated heterocycles. The molecular formula is C24H26F3N3O2. The van der Waals surface area contributed by atoms with E-state index >= 15 is 0 Å². The van der Waals surface area contributed by atoms with Crippen molar-refractivity contribution in [3.8, 4) is 0 Å². The summed E-state index contributed by atoms with van der Waals surface area (Å²) >= 11 is 0. The maximum Gasteiger partial charge on any atom is 0.416 e. The van der Waals surface area contributed by atoms with Crippen LogP contribution in [0.25, 0.3) is 0 Å². The smallest absolute Gasteiger partial charge is 0.338 e. The number of urea groups is 1. The number of likely N-dealkylation sites (tertiary alicyclic amines) is 1. The van der Waals surface area contributed by atoms with Gasteiger partial charge in [0.15, 0.2) is 0 Å². The van der Waals surface area contributed by atoms with Gasteiger partial charge in [0.25, 0.3) is 0 Å². The summed E-state index contributed by atoms with van der Waals surface area (Å²) in [5.74, 6) is -1.20. The molecule has 0 spiro atoms. The molecule has 170 valence electrons. The first-order valence-corrected chi connectivity index (χ1v) is 10.8. The van der Waals surface area contributed by atoms with Crippen LogP contribution in [-0.2, 0) is 23.9 Å². The average molecular weight is 445 g/mol. The Labute approximate surface area is 185 Å². The second kappa shape index (κ2) is 8.84. The van der Waals surface area contributed by atoms with Crippen molar-refractivity contribution in [2.24, 2.45) is 5.92 Å². The second-order valence-corrected chi connectivity index (χ2v) is 8.36. The maximum atomic E-state index is 13.5. The number of hydrogen-bond donors (Lipinski definition) is 1. The molecule has 1 N–H and O–H groups in total. The van der Waals surface area contributed by atoms with Crippen LogP contribution in [0.5, 0.6) is 0 Å². The highest BCUT2D eigenvalue weighted by molar-refractivity contribution is 5.83. The SMILES string of the molecule is CCNC(=O)N1CC(C(=O)N2CCc3ccccc3C2)C(c2cccc(C(F)(F)F)c2)C1. The van der Waals surface area contributed by atoms with E-state index in [1.807, 2.05) is 18.2 Å². The van der Waals surface area contributed by atoms with Gasteiger partial charge >= 0.3 is 12.2 Å². The van der Waals surface area contributed by atoms with E-state index in [-0.39, 0.29) is 25.0 Å². The maximum absolute atomic E-state index is 13.5. The summed E-state index contributed by atoms with van der Waals surface area (Å²) in [6, 6.07) is 12.8. The standard InChI is InChI=1S/C24H26F3N3O2/c1-2-28-23(32)30-14-20(17-8-5-9-19(12-17)24(25,26)27)21(15-30)22(31)29-11-10-16-6-3-4-7-18(16)13-29/h3-9,12,20-21H,2,10-11,13-15H2,1H3,(H,28,32). The van der Waals surface area contributed by atoms with E-state index in [1.165, 1.54) is 16.5 Å². The highest BCUT2D eigenvalue weighted by Gasteiger charge is 2.43. The minimum absolute atomic E-state index is 0.117. The number of alkyl halides is 3. The molecule has 4 rings (SSSR count).